The molecule has 0 fully saturated rings. The van der Waals surface area contributed by atoms with Crippen molar-refractivity contribution >= 4 is 40.2 Å². The van der Waals surface area contributed by atoms with Crippen molar-refractivity contribution in [2.45, 2.75) is 6.92 Å². The average Bonchev–Trinajstić information content (AvgIpc) is 2.37. The highest BCUT2D eigenvalue weighted by molar-refractivity contribution is 14.1. The van der Waals surface area contributed by atoms with E-state index in [0.717, 1.165) is 0 Å². The molecule has 1 aromatic rings. The maximum absolute atomic E-state index is 12.1. The largest absolute Gasteiger partial charge is 0.465 e. The van der Waals surface area contributed by atoms with Gasteiger partial charge in [-0.25, -0.2) is 0 Å². The van der Waals surface area contributed by atoms with E-state index < -0.39 is 16.8 Å². The Morgan fingerprint density at radius 2 is 2.10 bits per heavy atom. The van der Waals surface area contributed by atoms with Gasteiger partial charge < -0.3 is 9.64 Å². The van der Waals surface area contributed by atoms with Gasteiger partial charge >= 0.3 is 5.97 Å². The van der Waals surface area contributed by atoms with Gasteiger partial charge in [0.05, 0.1) is 17.1 Å². The molecule has 108 valence electrons. The van der Waals surface area contributed by atoms with Crippen molar-refractivity contribution in [1.82, 2.24) is 4.90 Å². The van der Waals surface area contributed by atoms with Crippen LogP contribution in [0.3, 0.4) is 0 Å². The second kappa shape index (κ2) is 7.17. The van der Waals surface area contributed by atoms with E-state index in [1.54, 1.807) is 6.92 Å². The summed E-state index contributed by atoms with van der Waals surface area (Å²) in [6.07, 6.45) is 0. The van der Waals surface area contributed by atoms with Gasteiger partial charge in [0.25, 0.3) is 11.6 Å². The molecule has 1 aromatic carbocycles. The second-order valence-corrected chi connectivity index (χ2v) is 5.05. The van der Waals surface area contributed by atoms with Crippen LogP contribution in [0.15, 0.2) is 18.2 Å². The summed E-state index contributed by atoms with van der Waals surface area (Å²) in [5.74, 6) is -0.891. The molecule has 0 saturated heterocycles. The number of amides is 1. The van der Waals surface area contributed by atoms with Gasteiger partial charge in [-0.1, -0.05) is 0 Å². The topological polar surface area (TPSA) is 89.8 Å². The molecule has 0 aliphatic carbocycles. The lowest BCUT2D eigenvalue weighted by atomic mass is 10.2. The number of nitro groups is 1. The molecule has 0 aliphatic heterocycles. The SMILES string of the molecule is CCOC(=O)CN(C)C(=O)c1ccc([N+](=O)[O-])cc1I. The first-order valence-corrected chi connectivity index (χ1v) is 6.79. The predicted octanol–water partition coefficient (Wildman–Crippen LogP) is 1.83. The van der Waals surface area contributed by atoms with Crippen LogP contribution in [0, 0.1) is 13.7 Å². The van der Waals surface area contributed by atoms with Crippen LogP contribution in [0.25, 0.3) is 0 Å². The zero-order valence-corrected chi connectivity index (χ0v) is 13.1. The summed E-state index contributed by atoms with van der Waals surface area (Å²) in [7, 11) is 1.47. The Kier molecular flexibility index (Phi) is 5.86. The zero-order chi connectivity index (χ0) is 15.3. The molecule has 0 radical (unpaired) electrons. The number of benzene rings is 1. The van der Waals surface area contributed by atoms with Gasteiger partial charge in [-0.05, 0) is 35.6 Å². The maximum Gasteiger partial charge on any atom is 0.325 e. The molecular formula is C12H13IN2O5. The van der Waals surface area contributed by atoms with Gasteiger partial charge in [0.1, 0.15) is 6.54 Å². The molecule has 0 heterocycles. The van der Waals surface area contributed by atoms with E-state index in [9.17, 15) is 19.7 Å². The monoisotopic (exact) mass is 392 g/mol. The molecule has 0 N–H and O–H groups in total. The molecule has 0 bridgehead atoms. The van der Waals surface area contributed by atoms with Crippen LogP contribution < -0.4 is 0 Å². The Morgan fingerprint density at radius 3 is 2.60 bits per heavy atom. The lowest BCUT2D eigenvalue weighted by molar-refractivity contribution is -0.384. The number of esters is 1. The number of hydrogen-bond acceptors (Lipinski definition) is 5. The average molecular weight is 392 g/mol. The fourth-order valence-electron chi connectivity index (χ4n) is 1.47. The number of ether oxygens (including phenoxy) is 1. The van der Waals surface area contributed by atoms with Crippen molar-refractivity contribution in [3.8, 4) is 0 Å². The van der Waals surface area contributed by atoms with E-state index in [0.29, 0.717) is 9.13 Å². The van der Waals surface area contributed by atoms with E-state index in [-0.39, 0.29) is 18.8 Å². The Hall–Kier alpha value is -1.71. The van der Waals surface area contributed by atoms with Crippen LogP contribution in [0.1, 0.15) is 17.3 Å². The summed E-state index contributed by atoms with van der Waals surface area (Å²) >= 11 is 1.85. The van der Waals surface area contributed by atoms with Crippen molar-refractivity contribution in [3.05, 3.63) is 37.4 Å². The van der Waals surface area contributed by atoms with E-state index in [1.807, 2.05) is 22.6 Å². The molecule has 8 heteroatoms. The van der Waals surface area contributed by atoms with E-state index in [4.69, 9.17) is 4.74 Å². The highest BCUT2D eigenvalue weighted by Gasteiger charge is 2.19. The maximum atomic E-state index is 12.1. The number of non-ortho nitro benzene ring substituents is 1. The number of carbonyl (C=O) groups excluding carboxylic acids is 2. The van der Waals surface area contributed by atoms with Crippen molar-refractivity contribution in [1.29, 1.82) is 0 Å². The number of halogens is 1. The highest BCUT2D eigenvalue weighted by atomic mass is 127. The first-order chi connectivity index (χ1) is 9.36. The normalized spacial score (nSPS) is 9.95. The van der Waals surface area contributed by atoms with Gasteiger partial charge in [-0.3, -0.25) is 19.7 Å². The summed E-state index contributed by atoms with van der Waals surface area (Å²) in [6.45, 7) is 1.76. The number of likely N-dealkylation sites (N-methyl/N-ethyl adjacent to an activating group) is 1. The molecule has 1 amide bonds. The summed E-state index contributed by atoms with van der Waals surface area (Å²) in [5.41, 5.74) is 0.224. The summed E-state index contributed by atoms with van der Waals surface area (Å²) < 4.78 is 5.21. The number of rotatable bonds is 5. The number of hydrogen-bond donors (Lipinski definition) is 0. The third-order valence-corrected chi connectivity index (χ3v) is 3.30. The summed E-state index contributed by atoms with van der Waals surface area (Å²) in [6, 6.07) is 3.95. The lowest BCUT2D eigenvalue weighted by Crippen LogP contribution is -2.33. The fraction of sp³-hybridized carbons (Fsp3) is 0.333. The molecule has 0 aromatic heterocycles. The van der Waals surface area contributed by atoms with Crippen LogP contribution in [-0.4, -0.2) is 41.9 Å². The van der Waals surface area contributed by atoms with Crippen LogP contribution in [0.4, 0.5) is 5.69 Å². The third-order valence-electron chi connectivity index (χ3n) is 2.41. The first-order valence-electron chi connectivity index (χ1n) is 5.71. The predicted molar refractivity (Wildman–Crippen MR) is 79.4 cm³/mol. The summed E-state index contributed by atoms with van der Waals surface area (Å²) in [4.78, 5) is 34.8. The van der Waals surface area contributed by atoms with E-state index in [2.05, 4.69) is 0 Å². The zero-order valence-electron chi connectivity index (χ0n) is 11.0. The minimum atomic E-state index is -0.529. The van der Waals surface area contributed by atoms with E-state index >= 15 is 0 Å². The standard InChI is InChI=1S/C12H13IN2O5/c1-3-20-11(16)7-14(2)12(17)9-5-4-8(15(18)19)6-10(9)13/h4-6H,3,7H2,1-2H3. The summed E-state index contributed by atoms with van der Waals surface area (Å²) in [5, 5.41) is 10.6. The smallest absolute Gasteiger partial charge is 0.325 e. The minimum absolute atomic E-state index is 0.0843. The van der Waals surface area contributed by atoms with Crippen LogP contribution >= 0.6 is 22.6 Å². The van der Waals surface area contributed by atoms with Gasteiger partial charge in [0.15, 0.2) is 0 Å². The van der Waals surface area contributed by atoms with Crippen LogP contribution in [0.5, 0.6) is 0 Å². The Morgan fingerprint density at radius 1 is 1.45 bits per heavy atom. The molecular weight excluding hydrogens is 379 g/mol. The van der Waals surface area contributed by atoms with Gasteiger partial charge in [0, 0.05) is 22.8 Å². The molecule has 1 rings (SSSR count). The molecule has 0 aliphatic rings. The molecule has 0 atom stereocenters. The highest BCUT2D eigenvalue weighted by Crippen LogP contribution is 2.20. The van der Waals surface area contributed by atoms with E-state index in [1.165, 1.54) is 30.1 Å². The fourth-order valence-corrected chi connectivity index (χ4v) is 2.20. The number of nitro benzene ring substituents is 1. The Bertz CT molecular complexity index is 547. The van der Waals surface area contributed by atoms with Crippen molar-refractivity contribution < 1.29 is 19.2 Å². The van der Waals surface area contributed by atoms with Gasteiger partial charge in [-0.15, -0.1) is 0 Å². The van der Waals surface area contributed by atoms with Gasteiger partial charge in [0.2, 0.25) is 0 Å². The minimum Gasteiger partial charge on any atom is -0.465 e. The third kappa shape index (κ3) is 4.15. The van der Waals surface area contributed by atoms with Crippen LogP contribution in [-0.2, 0) is 9.53 Å². The van der Waals surface area contributed by atoms with Crippen molar-refractivity contribution in [3.63, 3.8) is 0 Å². The second-order valence-electron chi connectivity index (χ2n) is 3.89. The van der Waals surface area contributed by atoms with Crippen LogP contribution in [0.2, 0.25) is 0 Å². The Balaban J connectivity index is 2.86. The molecule has 0 saturated carbocycles. The molecule has 20 heavy (non-hydrogen) atoms. The Labute approximate surface area is 129 Å². The lowest BCUT2D eigenvalue weighted by Gasteiger charge is -2.16. The first kappa shape index (κ1) is 16.3. The number of carbonyl (C=O) groups is 2. The molecule has 7 nitrogen and oxygen atoms in total. The molecule has 0 spiro atoms. The van der Waals surface area contributed by atoms with Crippen molar-refractivity contribution in [2.24, 2.45) is 0 Å². The van der Waals surface area contributed by atoms with Crippen molar-refractivity contribution in [2.75, 3.05) is 20.2 Å². The van der Waals surface area contributed by atoms with Gasteiger partial charge in [-0.2, -0.15) is 0 Å². The number of nitrogens with zero attached hydrogens (tertiary/aromatic N) is 2. The molecule has 0 unspecified atom stereocenters. The quantitative estimate of drug-likeness (QED) is 0.330.